The zero-order chi connectivity index (χ0) is 20.9. The largest absolute Gasteiger partial charge is 0.410 e. The summed E-state index contributed by atoms with van der Waals surface area (Å²) in [5, 5.41) is 7.61. The van der Waals surface area contributed by atoms with Crippen LogP contribution in [0.25, 0.3) is 0 Å². The van der Waals surface area contributed by atoms with Crippen molar-refractivity contribution in [3.8, 4) is 0 Å². The second-order valence-corrected chi connectivity index (χ2v) is 9.50. The van der Waals surface area contributed by atoms with Gasteiger partial charge in [-0.1, -0.05) is 34.6 Å². The average molecular weight is 400 g/mol. The van der Waals surface area contributed by atoms with Crippen LogP contribution in [0.5, 0.6) is 0 Å². The summed E-state index contributed by atoms with van der Waals surface area (Å²) in [6.07, 6.45) is -2.88. The lowest BCUT2D eigenvalue weighted by Crippen LogP contribution is -2.43. The Morgan fingerprint density at radius 1 is 1.21 bits per heavy atom. The van der Waals surface area contributed by atoms with E-state index in [0.717, 1.165) is 17.5 Å². The summed E-state index contributed by atoms with van der Waals surface area (Å²) in [4.78, 5) is 14.3. The molecule has 28 heavy (non-hydrogen) atoms. The van der Waals surface area contributed by atoms with Crippen LogP contribution in [0, 0.1) is 11.3 Å². The van der Waals surface area contributed by atoms with Gasteiger partial charge in [-0.3, -0.25) is 4.79 Å². The summed E-state index contributed by atoms with van der Waals surface area (Å²) in [6, 6.07) is -0.0403. The number of halogens is 3. The van der Waals surface area contributed by atoms with Gasteiger partial charge in [0.15, 0.2) is 6.04 Å². The van der Waals surface area contributed by atoms with E-state index >= 15 is 0 Å². The minimum absolute atomic E-state index is 0.00614. The van der Waals surface area contributed by atoms with Crippen LogP contribution in [-0.2, 0) is 4.79 Å². The third-order valence-electron chi connectivity index (χ3n) is 5.88. The summed E-state index contributed by atoms with van der Waals surface area (Å²) >= 11 is 0. The number of rotatable bonds is 2. The highest BCUT2D eigenvalue weighted by atomic mass is 19.4. The molecule has 1 aromatic heterocycles. The molecule has 3 heterocycles. The Bertz CT molecular complexity index is 712. The van der Waals surface area contributed by atoms with Crippen LogP contribution < -0.4 is 5.32 Å². The molecule has 0 bridgehead atoms. The third kappa shape index (κ3) is 4.15. The quantitative estimate of drug-likeness (QED) is 0.791. The van der Waals surface area contributed by atoms with Crippen LogP contribution in [-0.4, -0.2) is 45.9 Å². The van der Waals surface area contributed by atoms with Crippen molar-refractivity contribution in [2.45, 2.75) is 78.1 Å². The number of likely N-dealkylation sites (tertiary alicyclic amines) is 1. The molecule has 1 amide bonds. The minimum Gasteiger partial charge on any atom is -0.367 e. The number of piperidine rings is 1. The highest BCUT2D eigenvalue weighted by molar-refractivity contribution is 5.81. The zero-order valence-corrected chi connectivity index (χ0v) is 17.3. The monoisotopic (exact) mass is 400 g/mol. The van der Waals surface area contributed by atoms with Gasteiger partial charge in [-0.15, -0.1) is 0 Å². The number of hydrogen-bond donors (Lipinski definition) is 1. The normalized spacial score (nSPS) is 24.2. The number of alkyl halides is 3. The van der Waals surface area contributed by atoms with E-state index in [9.17, 15) is 18.0 Å². The molecule has 1 fully saturated rings. The van der Waals surface area contributed by atoms with E-state index in [1.54, 1.807) is 6.07 Å². The SMILES string of the molecule is CC(C)[C@@H]1C[C@H](C(F)(F)F)n2nc(C3CCN(C(=O)C(C)(C)C)CC3)cc2N1. The van der Waals surface area contributed by atoms with Crippen molar-refractivity contribution in [3.05, 3.63) is 11.8 Å². The number of fused-ring (bicyclic) bond motifs is 1. The fourth-order valence-corrected chi connectivity index (χ4v) is 4.11. The third-order valence-corrected chi connectivity index (χ3v) is 5.88. The maximum absolute atomic E-state index is 13.6. The van der Waals surface area contributed by atoms with Crippen LogP contribution in [0.15, 0.2) is 6.07 Å². The van der Waals surface area contributed by atoms with Gasteiger partial charge >= 0.3 is 6.18 Å². The standard InChI is InChI=1S/C20H31F3N4O/c1-12(2)14-10-16(20(21,22)23)27-17(24-14)11-15(25-27)13-6-8-26(9-7-13)18(28)19(3,4)5/h11-14,16,24H,6-10H2,1-5H3/t14-,16+/m0/s1. The first kappa shape index (κ1) is 21.0. The maximum atomic E-state index is 13.6. The molecule has 2 aliphatic heterocycles. The van der Waals surface area contributed by atoms with Gasteiger partial charge in [-0.25, -0.2) is 4.68 Å². The van der Waals surface area contributed by atoms with E-state index in [-0.39, 0.29) is 30.2 Å². The molecule has 0 spiro atoms. The lowest BCUT2D eigenvalue weighted by molar-refractivity contribution is -0.174. The topological polar surface area (TPSA) is 50.2 Å². The van der Waals surface area contributed by atoms with Crippen LogP contribution in [0.2, 0.25) is 0 Å². The second-order valence-electron chi connectivity index (χ2n) is 9.50. The molecule has 2 atom stereocenters. The van der Waals surface area contributed by atoms with Crippen molar-refractivity contribution in [2.75, 3.05) is 18.4 Å². The molecule has 0 saturated carbocycles. The van der Waals surface area contributed by atoms with Crippen LogP contribution in [0.4, 0.5) is 19.0 Å². The number of anilines is 1. The Morgan fingerprint density at radius 3 is 2.32 bits per heavy atom. The van der Waals surface area contributed by atoms with E-state index in [2.05, 4.69) is 10.4 Å². The van der Waals surface area contributed by atoms with Gasteiger partial charge in [0.25, 0.3) is 0 Å². The summed E-state index contributed by atoms with van der Waals surface area (Å²) in [6.45, 7) is 10.8. The summed E-state index contributed by atoms with van der Waals surface area (Å²) < 4.78 is 42.0. The molecule has 1 saturated heterocycles. The zero-order valence-electron chi connectivity index (χ0n) is 17.3. The first-order valence-corrected chi connectivity index (χ1v) is 10.1. The molecular weight excluding hydrogens is 369 g/mol. The number of hydrogen-bond acceptors (Lipinski definition) is 3. The van der Waals surface area contributed by atoms with Gasteiger partial charge in [0.2, 0.25) is 5.91 Å². The van der Waals surface area contributed by atoms with Gasteiger partial charge in [-0.05, 0) is 25.2 Å². The van der Waals surface area contributed by atoms with Crippen molar-refractivity contribution < 1.29 is 18.0 Å². The smallest absolute Gasteiger partial charge is 0.367 e. The summed E-state index contributed by atoms with van der Waals surface area (Å²) in [5.74, 6) is 0.753. The predicted molar refractivity (Wildman–Crippen MR) is 102 cm³/mol. The van der Waals surface area contributed by atoms with Gasteiger partial charge in [-0.2, -0.15) is 18.3 Å². The fraction of sp³-hybridized carbons (Fsp3) is 0.800. The molecule has 1 aromatic rings. The van der Waals surface area contributed by atoms with E-state index < -0.39 is 17.6 Å². The number of carbonyl (C=O) groups excluding carboxylic acids is 1. The van der Waals surface area contributed by atoms with Gasteiger partial charge in [0, 0.05) is 36.5 Å². The second kappa shape index (κ2) is 7.26. The van der Waals surface area contributed by atoms with Crippen LogP contribution in [0.1, 0.15) is 71.5 Å². The van der Waals surface area contributed by atoms with Gasteiger partial charge < -0.3 is 10.2 Å². The molecule has 0 aromatic carbocycles. The first-order valence-electron chi connectivity index (χ1n) is 10.1. The van der Waals surface area contributed by atoms with Crippen molar-refractivity contribution in [2.24, 2.45) is 11.3 Å². The molecule has 1 N–H and O–H groups in total. The maximum Gasteiger partial charge on any atom is 0.410 e. The Hall–Kier alpha value is -1.73. The number of amides is 1. The van der Waals surface area contributed by atoms with Crippen molar-refractivity contribution >= 4 is 11.7 Å². The Kier molecular flexibility index (Phi) is 5.44. The molecule has 8 heteroatoms. The van der Waals surface area contributed by atoms with E-state index in [1.807, 2.05) is 39.5 Å². The highest BCUT2D eigenvalue weighted by Crippen LogP contribution is 2.42. The number of carbonyl (C=O) groups is 1. The number of nitrogens with one attached hydrogen (secondary N) is 1. The lowest BCUT2D eigenvalue weighted by atomic mass is 9.89. The fourth-order valence-electron chi connectivity index (χ4n) is 4.11. The lowest BCUT2D eigenvalue weighted by Gasteiger charge is -2.35. The highest BCUT2D eigenvalue weighted by Gasteiger charge is 2.47. The summed E-state index contributed by atoms with van der Waals surface area (Å²) in [7, 11) is 0. The van der Waals surface area contributed by atoms with Crippen LogP contribution >= 0.6 is 0 Å². The Labute approximate surface area is 164 Å². The van der Waals surface area contributed by atoms with Crippen LogP contribution in [0.3, 0.4) is 0 Å². The van der Waals surface area contributed by atoms with E-state index in [4.69, 9.17) is 0 Å². The molecule has 3 rings (SSSR count). The molecule has 0 unspecified atom stereocenters. The molecular formula is C20H31F3N4O. The minimum atomic E-state index is -4.32. The molecule has 5 nitrogen and oxygen atoms in total. The van der Waals surface area contributed by atoms with E-state index in [1.165, 1.54) is 0 Å². The summed E-state index contributed by atoms with van der Waals surface area (Å²) in [5.41, 5.74) is 0.278. The van der Waals surface area contributed by atoms with Crippen molar-refractivity contribution in [1.82, 2.24) is 14.7 Å². The molecule has 158 valence electrons. The van der Waals surface area contributed by atoms with Crippen molar-refractivity contribution in [3.63, 3.8) is 0 Å². The Balaban J connectivity index is 1.77. The molecule has 0 radical (unpaired) electrons. The first-order chi connectivity index (χ1) is 12.9. The molecule has 2 aliphatic rings. The molecule has 0 aliphatic carbocycles. The predicted octanol–water partition coefficient (Wildman–Crippen LogP) is 4.58. The Morgan fingerprint density at radius 2 is 1.82 bits per heavy atom. The van der Waals surface area contributed by atoms with Gasteiger partial charge in [0.05, 0.1) is 5.69 Å². The van der Waals surface area contributed by atoms with Crippen molar-refractivity contribution in [1.29, 1.82) is 0 Å². The average Bonchev–Trinajstić information content (AvgIpc) is 3.02. The van der Waals surface area contributed by atoms with E-state index in [0.29, 0.717) is 24.6 Å². The number of aromatic nitrogens is 2. The van der Waals surface area contributed by atoms with Gasteiger partial charge in [0.1, 0.15) is 5.82 Å². The number of nitrogens with zero attached hydrogens (tertiary/aromatic N) is 3.